The van der Waals surface area contributed by atoms with Gasteiger partial charge in [-0.3, -0.25) is 4.68 Å². The number of nitrogens with zero attached hydrogens (tertiary/aromatic N) is 3. The molecule has 3 rings (SSSR count). The normalized spacial score (nSPS) is 19.6. The van der Waals surface area contributed by atoms with E-state index >= 15 is 0 Å². The molecule has 0 saturated heterocycles. The number of rotatable bonds is 5. The number of alkyl halides is 1. The van der Waals surface area contributed by atoms with Crippen molar-refractivity contribution in [1.82, 2.24) is 14.8 Å². The Morgan fingerprint density at radius 2 is 2.10 bits per heavy atom. The molecule has 2 unspecified atom stereocenters. The van der Waals surface area contributed by atoms with Gasteiger partial charge in [-0.2, -0.15) is 5.10 Å². The summed E-state index contributed by atoms with van der Waals surface area (Å²) < 4.78 is 1.61. The molecular weight excluding hydrogens is 297 g/mol. The van der Waals surface area contributed by atoms with Crippen LogP contribution < -0.4 is 0 Å². The van der Waals surface area contributed by atoms with Crippen LogP contribution >= 0.6 is 23.2 Å². The summed E-state index contributed by atoms with van der Waals surface area (Å²) >= 11 is 12.9. The summed E-state index contributed by atoms with van der Waals surface area (Å²) in [6.45, 7) is 0.352. The third-order valence-electron chi connectivity index (χ3n) is 3.75. The Balaban J connectivity index is 1.89. The van der Waals surface area contributed by atoms with E-state index in [-0.39, 0.29) is 5.92 Å². The fourth-order valence-corrected chi connectivity index (χ4v) is 3.22. The highest BCUT2D eigenvalue weighted by Gasteiger charge is 2.51. The summed E-state index contributed by atoms with van der Waals surface area (Å²) in [7, 11) is 0. The highest BCUT2D eigenvalue weighted by molar-refractivity contribution is 6.32. The average molecular weight is 312 g/mol. The smallest absolute Gasteiger partial charge is 0.137 e. The molecule has 1 aliphatic carbocycles. The van der Waals surface area contributed by atoms with Gasteiger partial charge >= 0.3 is 0 Å². The number of aliphatic hydroxyl groups is 1. The molecule has 1 saturated carbocycles. The van der Waals surface area contributed by atoms with Gasteiger partial charge in [0.2, 0.25) is 0 Å². The lowest BCUT2D eigenvalue weighted by Gasteiger charge is -2.28. The number of aromatic nitrogens is 3. The van der Waals surface area contributed by atoms with Crippen LogP contribution in [0.1, 0.15) is 24.3 Å². The zero-order valence-corrected chi connectivity index (χ0v) is 12.3. The highest BCUT2D eigenvalue weighted by atomic mass is 35.5. The molecule has 0 spiro atoms. The van der Waals surface area contributed by atoms with Crippen molar-refractivity contribution < 1.29 is 5.11 Å². The highest BCUT2D eigenvalue weighted by Crippen LogP contribution is 2.55. The molecule has 0 aliphatic heterocycles. The van der Waals surface area contributed by atoms with E-state index in [0.29, 0.717) is 11.6 Å². The third-order valence-corrected chi connectivity index (χ3v) is 4.71. The molecule has 2 atom stereocenters. The summed E-state index contributed by atoms with van der Waals surface area (Å²) in [4.78, 5) is 3.49. The van der Waals surface area contributed by atoms with Gasteiger partial charge in [0.05, 0.1) is 17.5 Å². The first kappa shape index (κ1) is 13.9. The van der Waals surface area contributed by atoms with Gasteiger partial charge in [0.25, 0.3) is 0 Å². The number of hydrogen-bond donors (Lipinski definition) is 1. The quantitative estimate of drug-likeness (QED) is 0.864. The van der Waals surface area contributed by atoms with Crippen LogP contribution in [0.25, 0.3) is 0 Å². The van der Waals surface area contributed by atoms with Crippen molar-refractivity contribution in [2.75, 3.05) is 0 Å². The lowest BCUT2D eigenvalue weighted by Crippen LogP contribution is -2.32. The van der Waals surface area contributed by atoms with Crippen molar-refractivity contribution in [3.63, 3.8) is 0 Å². The van der Waals surface area contributed by atoms with E-state index < -0.39 is 11.0 Å². The molecule has 4 nitrogen and oxygen atoms in total. The predicted molar refractivity (Wildman–Crippen MR) is 78.0 cm³/mol. The van der Waals surface area contributed by atoms with Crippen LogP contribution in [0.3, 0.4) is 0 Å². The SMILES string of the molecule is OC(Cn1cncn1)C(c1ccccc1Cl)C1(Cl)CC1. The molecule has 0 radical (unpaired) electrons. The second-order valence-corrected chi connectivity index (χ2v) is 6.38. The van der Waals surface area contributed by atoms with E-state index in [2.05, 4.69) is 10.1 Å². The maximum atomic E-state index is 10.6. The van der Waals surface area contributed by atoms with E-state index in [1.54, 1.807) is 11.0 Å². The lowest BCUT2D eigenvalue weighted by atomic mass is 9.88. The van der Waals surface area contributed by atoms with Crippen LogP contribution in [0.4, 0.5) is 0 Å². The maximum absolute atomic E-state index is 10.6. The molecule has 1 aliphatic rings. The second-order valence-electron chi connectivity index (χ2n) is 5.22. The van der Waals surface area contributed by atoms with Crippen molar-refractivity contribution in [2.45, 2.75) is 36.3 Å². The minimum atomic E-state index is -0.656. The van der Waals surface area contributed by atoms with Gasteiger partial charge in [0.1, 0.15) is 12.7 Å². The van der Waals surface area contributed by atoms with Crippen LogP contribution in [0, 0.1) is 0 Å². The number of benzene rings is 1. The molecule has 1 aromatic heterocycles. The fourth-order valence-electron chi connectivity index (χ4n) is 2.61. The van der Waals surface area contributed by atoms with Crippen LogP contribution in [-0.2, 0) is 6.54 Å². The second kappa shape index (κ2) is 5.35. The molecule has 1 heterocycles. The van der Waals surface area contributed by atoms with Gasteiger partial charge in [0.15, 0.2) is 0 Å². The van der Waals surface area contributed by atoms with Crippen LogP contribution in [0.5, 0.6) is 0 Å². The topological polar surface area (TPSA) is 50.9 Å². The van der Waals surface area contributed by atoms with Gasteiger partial charge in [-0.15, -0.1) is 11.6 Å². The molecule has 2 aromatic rings. The summed E-state index contributed by atoms with van der Waals surface area (Å²) in [6.07, 6.45) is 4.15. The first-order chi connectivity index (χ1) is 9.60. The molecule has 1 fully saturated rings. The molecular formula is C14H15Cl2N3O. The lowest BCUT2D eigenvalue weighted by molar-refractivity contribution is 0.114. The maximum Gasteiger partial charge on any atom is 0.137 e. The van der Waals surface area contributed by atoms with Gasteiger partial charge in [-0.05, 0) is 24.5 Å². The van der Waals surface area contributed by atoms with Gasteiger partial charge in [0, 0.05) is 10.9 Å². The average Bonchev–Trinajstić information content (AvgIpc) is 2.95. The Labute approximate surface area is 127 Å². The zero-order chi connectivity index (χ0) is 14.2. The Bertz CT molecular complexity index is 584. The molecule has 6 heteroatoms. The van der Waals surface area contributed by atoms with Crippen LogP contribution in [0.15, 0.2) is 36.9 Å². The van der Waals surface area contributed by atoms with Gasteiger partial charge in [-0.25, -0.2) is 4.98 Å². The van der Waals surface area contributed by atoms with E-state index in [0.717, 1.165) is 18.4 Å². The number of aliphatic hydroxyl groups excluding tert-OH is 1. The van der Waals surface area contributed by atoms with Crippen LogP contribution in [0.2, 0.25) is 5.02 Å². The Morgan fingerprint density at radius 1 is 1.35 bits per heavy atom. The molecule has 0 amide bonds. The summed E-state index contributed by atoms with van der Waals surface area (Å²) in [5.41, 5.74) is 0.897. The Kier molecular flexibility index (Phi) is 3.71. The first-order valence-electron chi connectivity index (χ1n) is 6.54. The van der Waals surface area contributed by atoms with Crippen molar-refractivity contribution in [2.24, 2.45) is 0 Å². The summed E-state index contributed by atoms with van der Waals surface area (Å²) in [5.74, 6) is -0.206. The minimum absolute atomic E-state index is 0.206. The molecule has 106 valence electrons. The summed E-state index contributed by atoms with van der Waals surface area (Å²) in [5, 5.41) is 15.3. The largest absolute Gasteiger partial charge is 0.390 e. The summed E-state index contributed by atoms with van der Waals surface area (Å²) in [6, 6.07) is 7.55. The van der Waals surface area contributed by atoms with Crippen molar-refractivity contribution in [3.8, 4) is 0 Å². The van der Waals surface area contributed by atoms with Gasteiger partial charge in [-0.1, -0.05) is 29.8 Å². The first-order valence-corrected chi connectivity index (χ1v) is 7.29. The minimum Gasteiger partial charge on any atom is -0.390 e. The van der Waals surface area contributed by atoms with E-state index in [1.165, 1.54) is 6.33 Å². The predicted octanol–water partition coefficient (Wildman–Crippen LogP) is 2.85. The van der Waals surface area contributed by atoms with Crippen LogP contribution in [-0.4, -0.2) is 30.8 Å². The Hall–Kier alpha value is -1.10. The standard InChI is InChI=1S/C14H15Cl2N3O/c15-11-4-2-1-3-10(11)13(14(16)5-6-14)12(20)7-19-9-17-8-18-19/h1-4,8-9,12-13,20H,5-7H2. The van der Waals surface area contributed by atoms with E-state index in [4.69, 9.17) is 23.2 Å². The van der Waals surface area contributed by atoms with E-state index in [1.807, 2.05) is 24.3 Å². The van der Waals surface area contributed by atoms with Crippen molar-refractivity contribution in [1.29, 1.82) is 0 Å². The third kappa shape index (κ3) is 2.68. The van der Waals surface area contributed by atoms with Crippen molar-refractivity contribution in [3.05, 3.63) is 47.5 Å². The Morgan fingerprint density at radius 3 is 2.70 bits per heavy atom. The molecule has 0 bridgehead atoms. The zero-order valence-electron chi connectivity index (χ0n) is 10.8. The van der Waals surface area contributed by atoms with E-state index in [9.17, 15) is 5.11 Å². The monoisotopic (exact) mass is 311 g/mol. The molecule has 20 heavy (non-hydrogen) atoms. The molecule has 1 N–H and O–H groups in total. The number of hydrogen-bond acceptors (Lipinski definition) is 3. The number of halogens is 2. The van der Waals surface area contributed by atoms with Gasteiger partial charge < -0.3 is 5.11 Å². The molecule has 1 aromatic carbocycles. The van der Waals surface area contributed by atoms with Crippen molar-refractivity contribution >= 4 is 23.2 Å². The fraction of sp³-hybridized carbons (Fsp3) is 0.429.